The molecule has 0 bridgehead atoms. The molecule has 0 saturated carbocycles. The summed E-state index contributed by atoms with van der Waals surface area (Å²) in [5.74, 6) is -2.29. The van der Waals surface area contributed by atoms with E-state index in [4.69, 9.17) is 0 Å². The van der Waals surface area contributed by atoms with Crippen molar-refractivity contribution in [2.24, 2.45) is 30.7 Å². The van der Waals surface area contributed by atoms with Crippen LogP contribution in [0.5, 0.6) is 0 Å². The van der Waals surface area contributed by atoms with Gasteiger partial charge in [0.15, 0.2) is 52.8 Å². The Balaban J connectivity index is 1.72. The maximum Gasteiger partial charge on any atom is 0.187 e. The van der Waals surface area contributed by atoms with Gasteiger partial charge in [-0.1, -0.05) is 36.4 Å². The monoisotopic (exact) mass is 684 g/mol. The molecule has 4 aromatic carbocycles. The van der Waals surface area contributed by atoms with E-state index >= 15 is 0 Å². The van der Waals surface area contributed by atoms with Gasteiger partial charge in [-0.3, -0.25) is 28.8 Å². The average Bonchev–Trinajstić information content (AvgIpc) is 3.08. The molecule has 0 atom stereocenters. The first kappa shape index (κ1) is 37.5. The van der Waals surface area contributed by atoms with Gasteiger partial charge in [0.25, 0.3) is 0 Å². The summed E-state index contributed by atoms with van der Waals surface area (Å²) in [6.45, 7) is 7.78. The predicted octanol–water partition coefficient (Wildman–Crippen LogP) is 8.58. The molecule has 258 valence electrons. The van der Waals surface area contributed by atoms with Crippen molar-refractivity contribution < 1.29 is 28.8 Å². The molecular formula is C39H36N6O6. The number of nitrogens with zero attached hydrogens (tertiary/aromatic N) is 6. The van der Waals surface area contributed by atoms with Crippen molar-refractivity contribution in [1.29, 1.82) is 0 Å². The molecule has 0 amide bonds. The van der Waals surface area contributed by atoms with Crippen molar-refractivity contribution in [3.63, 3.8) is 0 Å². The maximum atomic E-state index is 11.8. The molecule has 0 aliphatic heterocycles. The zero-order chi connectivity index (χ0) is 37.2. The second kappa shape index (κ2) is 16.9. The molecule has 4 rings (SSSR count). The lowest BCUT2D eigenvalue weighted by atomic mass is 9.93. The Kier molecular flexibility index (Phi) is 12.4. The van der Waals surface area contributed by atoms with Gasteiger partial charge in [0.1, 0.15) is 0 Å². The van der Waals surface area contributed by atoms with Gasteiger partial charge >= 0.3 is 0 Å². The molecule has 0 aromatic heterocycles. The summed E-state index contributed by atoms with van der Waals surface area (Å²) in [7, 11) is 0. The minimum atomic E-state index is -1.14. The van der Waals surface area contributed by atoms with Crippen LogP contribution in [0.15, 0.2) is 122 Å². The van der Waals surface area contributed by atoms with Gasteiger partial charge in [0.05, 0.1) is 17.1 Å². The standard InChI is InChI=1S/C39H36N6O6/c1-22(46)37(23(2)47)43-40-34-13-7-28(8-14-34)31-19-32(29-9-15-35(16-10-29)41-44-38(24(3)48)25(4)49)21-33(20-31)30-11-17-36(18-12-30)42-45-39(26(5)50)27(6)51/h7-21,37-39H,1-6H3. The van der Waals surface area contributed by atoms with Crippen molar-refractivity contribution in [2.75, 3.05) is 0 Å². The number of rotatable bonds is 15. The minimum absolute atomic E-state index is 0.382. The highest BCUT2D eigenvalue weighted by Crippen LogP contribution is 2.35. The highest BCUT2D eigenvalue weighted by atomic mass is 16.2. The molecule has 0 aliphatic carbocycles. The largest absolute Gasteiger partial charge is 0.297 e. The Morgan fingerprint density at radius 3 is 0.706 bits per heavy atom. The quantitative estimate of drug-likeness (QED) is 0.0894. The number of hydrogen-bond acceptors (Lipinski definition) is 12. The molecule has 12 heteroatoms. The third-order valence-corrected chi connectivity index (χ3v) is 7.71. The van der Waals surface area contributed by atoms with Crippen LogP contribution in [0.3, 0.4) is 0 Å². The van der Waals surface area contributed by atoms with Crippen molar-refractivity contribution in [2.45, 2.75) is 59.7 Å². The number of Topliss-reactive ketones (excluding diaryl/α,β-unsaturated/α-hetero) is 6. The fraction of sp³-hybridized carbons (Fsp3) is 0.231. The van der Waals surface area contributed by atoms with Gasteiger partial charge in [-0.05, 0) is 130 Å². The zero-order valence-electron chi connectivity index (χ0n) is 29.0. The Hall–Kier alpha value is -6.30. The molecule has 0 heterocycles. The van der Waals surface area contributed by atoms with Crippen molar-refractivity contribution in [1.82, 2.24) is 0 Å². The molecule has 0 saturated heterocycles. The molecular weight excluding hydrogens is 648 g/mol. The van der Waals surface area contributed by atoms with E-state index in [1.54, 1.807) is 36.4 Å². The summed E-state index contributed by atoms with van der Waals surface area (Å²) in [6, 6.07) is 24.3. The van der Waals surface area contributed by atoms with Crippen LogP contribution in [0.2, 0.25) is 0 Å². The first-order valence-corrected chi connectivity index (χ1v) is 15.9. The molecule has 0 spiro atoms. The molecule has 0 N–H and O–H groups in total. The molecule has 0 unspecified atom stereocenters. The highest BCUT2D eigenvalue weighted by molar-refractivity contribution is 6.05. The lowest BCUT2D eigenvalue weighted by Crippen LogP contribution is -2.23. The summed E-state index contributed by atoms with van der Waals surface area (Å²) in [5.41, 5.74) is 6.65. The van der Waals surface area contributed by atoms with E-state index in [-0.39, 0.29) is 34.7 Å². The molecule has 51 heavy (non-hydrogen) atoms. The molecule has 0 aliphatic rings. The molecule has 4 aromatic rings. The van der Waals surface area contributed by atoms with Gasteiger partial charge in [-0.15, -0.1) is 0 Å². The Bertz CT molecular complexity index is 1780. The summed E-state index contributed by atoms with van der Waals surface area (Å²) >= 11 is 0. The molecule has 0 radical (unpaired) electrons. The Morgan fingerprint density at radius 2 is 0.529 bits per heavy atom. The number of benzene rings is 4. The van der Waals surface area contributed by atoms with E-state index in [1.807, 2.05) is 54.6 Å². The third-order valence-electron chi connectivity index (χ3n) is 7.71. The first-order chi connectivity index (χ1) is 24.2. The zero-order valence-corrected chi connectivity index (χ0v) is 29.0. The van der Waals surface area contributed by atoms with Crippen LogP contribution >= 0.6 is 0 Å². The van der Waals surface area contributed by atoms with E-state index in [0.29, 0.717) is 17.1 Å². The van der Waals surface area contributed by atoms with Crippen LogP contribution in [0.25, 0.3) is 33.4 Å². The van der Waals surface area contributed by atoms with Crippen LogP contribution in [-0.4, -0.2) is 52.8 Å². The van der Waals surface area contributed by atoms with E-state index < -0.39 is 18.1 Å². The van der Waals surface area contributed by atoms with Crippen molar-refractivity contribution in [3.8, 4) is 33.4 Å². The maximum absolute atomic E-state index is 11.8. The summed E-state index contributed by atoms with van der Waals surface area (Å²) in [6.07, 6.45) is 0. The van der Waals surface area contributed by atoms with Gasteiger partial charge in [-0.2, -0.15) is 30.7 Å². The Labute approximate surface area is 294 Å². The van der Waals surface area contributed by atoms with Crippen LogP contribution in [0, 0.1) is 0 Å². The number of carbonyl (C=O) groups excluding carboxylic acids is 6. The van der Waals surface area contributed by atoms with E-state index in [0.717, 1.165) is 33.4 Å². The SMILES string of the molecule is CC(=O)C(N=Nc1ccc(-c2cc(-c3ccc(N=NC(C(C)=O)C(C)=O)cc3)cc(-c3ccc(N=NC(C(C)=O)C(C)=O)cc3)c2)cc1)C(C)=O. The fourth-order valence-electron chi connectivity index (χ4n) is 5.01. The van der Waals surface area contributed by atoms with Crippen LogP contribution in [-0.2, 0) is 28.8 Å². The minimum Gasteiger partial charge on any atom is -0.297 e. The normalized spacial score (nSPS) is 11.7. The summed E-state index contributed by atoms with van der Waals surface area (Å²) in [4.78, 5) is 70.5. The average molecular weight is 685 g/mol. The van der Waals surface area contributed by atoms with Crippen LogP contribution < -0.4 is 0 Å². The predicted molar refractivity (Wildman–Crippen MR) is 192 cm³/mol. The number of azo groups is 3. The first-order valence-electron chi connectivity index (χ1n) is 15.9. The lowest BCUT2D eigenvalue weighted by molar-refractivity contribution is -0.128. The molecule has 12 nitrogen and oxygen atoms in total. The van der Waals surface area contributed by atoms with Crippen LogP contribution in [0.4, 0.5) is 17.1 Å². The van der Waals surface area contributed by atoms with Crippen molar-refractivity contribution in [3.05, 3.63) is 91.0 Å². The second-order valence-electron chi connectivity index (χ2n) is 12.0. The van der Waals surface area contributed by atoms with E-state index in [2.05, 4.69) is 30.7 Å². The number of hydrogen-bond donors (Lipinski definition) is 0. The smallest absolute Gasteiger partial charge is 0.187 e. The highest BCUT2D eigenvalue weighted by Gasteiger charge is 2.20. The third kappa shape index (κ3) is 10.1. The van der Waals surface area contributed by atoms with Gasteiger partial charge in [-0.25, -0.2) is 0 Å². The summed E-state index contributed by atoms with van der Waals surface area (Å²) in [5, 5.41) is 24.1. The number of carbonyl (C=O) groups is 6. The number of ketones is 6. The topological polar surface area (TPSA) is 177 Å². The van der Waals surface area contributed by atoms with Gasteiger partial charge < -0.3 is 0 Å². The van der Waals surface area contributed by atoms with Crippen molar-refractivity contribution >= 4 is 51.8 Å². The van der Waals surface area contributed by atoms with E-state index in [1.165, 1.54) is 41.5 Å². The summed E-state index contributed by atoms with van der Waals surface area (Å²) < 4.78 is 0. The Morgan fingerprint density at radius 1 is 0.333 bits per heavy atom. The molecule has 0 fully saturated rings. The lowest BCUT2D eigenvalue weighted by Gasteiger charge is -2.12. The second-order valence-corrected chi connectivity index (χ2v) is 12.0. The van der Waals surface area contributed by atoms with Crippen LogP contribution in [0.1, 0.15) is 41.5 Å². The van der Waals surface area contributed by atoms with Gasteiger partial charge in [0.2, 0.25) is 0 Å². The van der Waals surface area contributed by atoms with Gasteiger partial charge in [0, 0.05) is 0 Å². The fourth-order valence-corrected chi connectivity index (χ4v) is 5.01. The van der Waals surface area contributed by atoms with E-state index in [9.17, 15) is 28.8 Å².